The van der Waals surface area contributed by atoms with Crippen molar-refractivity contribution in [3.05, 3.63) is 53.1 Å². The van der Waals surface area contributed by atoms with Gasteiger partial charge in [-0.05, 0) is 47.7 Å². The summed E-state index contributed by atoms with van der Waals surface area (Å²) in [5.74, 6) is -2.43. The van der Waals surface area contributed by atoms with Gasteiger partial charge in [-0.15, -0.1) is 0 Å². The standard InChI is InChI=1S/C18H16F2O/c1-11-2-4-14-12(6-11)8-17(9-18(19,20)10-17)16-7-13(21)3-5-15(14)16/h2-7,21H,8-10H2,1H3. The van der Waals surface area contributed by atoms with Gasteiger partial charge in [-0.25, -0.2) is 8.78 Å². The number of hydrogen-bond donors (Lipinski definition) is 1. The molecule has 0 heterocycles. The lowest BCUT2D eigenvalue weighted by atomic mass is 9.55. The minimum absolute atomic E-state index is 0.121. The SMILES string of the molecule is Cc1ccc2c(c1)CC1(CC(F)(F)C1)c1cc(O)ccc1-2. The number of hydrogen-bond acceptors (Lipinski definition) is 1. The lowest BCUT2D eigenvalue weighted by Gasteiger charge is -2.51. The Labute approximate surface area is 122 Å². The number of alkyl halides is 2. The van der Waals surface area contributed by atoms with E-state index in [4.69, 9.17) is 0 Å². The molecule has 0 amide bonds. The minimum Gasteiger partial charge on any atom is -0.508 e. The van der Waals surface area contributed by atoms with Crippen molar-refractivity contribution in [2.24, 2.45) is 0 Å². The van der Waals surface area contributed by atoms with Crippen LogP contribution >= 0.6 is 0 Å². The van der Waals surface area contributed by atoms with E-state index in [1.54, 1.807) is 12.1 Å². The first-order valence-corrected chi connectivity index (χ1v) is 7.20. The van der Waals surface area contributed by atoms with Crippen LogP contribution in [-0.4, -0.2) is 11.0 Å². The third kappa shape index (κ3) is 1.80. The van der Waals surface area contributed by atoms with Gasteiger partial charge in [0.25, 0.3) is 0 Å². The van der Waals surface area contributed by atoms with Crippen molar-refractivity contribution in [1.29, 1.82) is 0 Å². The summed E-state index contributed by atoms with van der Waals surface area (Å²) in [5, 5.41) is 9.77. The van der Waals surface area contributed by atoms with Gasteiger partial charge in [-0.3, -0.25) is 0 Å². The molecule has 108 valence electrons. The van der Waals surface area contributed by atoms with Crippen LogP contribution in [0.5, 0.6) is 5.75 Å². The lowest BCUT2D eigenvalue weighted by molar-refractivity contribution is -0.127. The molecule has 0 aliphatic heterocycles. The van der Waals surface area contributed by atoms with Crippen LogP contribution in [0.15, 0.2) is 36.4 Å². The zero-order chi connectivity index (χ0) is 14.8. The molecule has 0 aromatic heterocycles. The topological polar surface area (TPSA) is 20.2 Å². The first-order chi connectivity index (χ1) is 9.89. The van der Waals surface area contributed by atoms with E-state index in [1.165, 1.54) is 0 Å². The molecule has 1 N–H and O–H groups in total. The number of benzene rings is 2. The van der Waals surface area contributed by atoms with Gasteiger partial charge in [-0.2, -0.15) is 0 Å². The molecule has 3 heteroatoms. The van der Waals surface area contributed by atoms with E-state index in [1.807, 2.05) is 19.1 Å². The monoisotopic (exact) mass is 286 g/mol. The van der Waals surface area contributed by atoms with Crippen molar-refractivity contribution in [2.75, 3.05) is 0 Å². The normalized spacial score (nSPS) is 20.5. The highest BCUT2D eigenvalue weighted by Crippen LogP contribution is 2.59. The van der Waals surface area contributed by atoms with E-state index in [0.29, 0.717) is 6.42 Å². The maximum atomic E-state index is 13.6. The van der Waals surface area contributed by atoms with Crippen LogP contribution in [0, 0.1) is 6.92 Å². The van der Waals surface area contributed by atoms with Crippen molar-refractivity contribution in [3.8, 4) is 16.9 Å². The van der Waals surface area contributed by atoms with Crippen LogP contribution in [0.25, 0.3) is 11.1 Å². The van der Waals surface area contributed by atoms with E-state index >= 15 is 0 Å². The molecule has 0 unspecified atom stereocenters. The summed E-state index contributed by atoms with van der Waals surface area (Å²) >= 11 is 0. The second kappa shape index (κ2) is 3.85. The zero-order valence-electron chi connectivity index (χ0n) is 11.8. The number of rotatable bonds is 0. The van der Waals surface area contributed by atoms with Gasteiger partial charge >= 0.3 is 0 Å². The molecule has 21 heavy (non-hydrogen) atoms. The molecule has 0 atom stereocenters. The summed E-state index contributed by atoms with van der Waals surface area (Å²) < 4.78 is 27.1. The highest BCUT2D eigenvalue weighted by Gasteiger charge is 2.58. The van der Waals surface area contributed by atoms with Crippen LogP contribution in [0.3, 0.4) is 0 Å². The van der Waals surface area contributed by atoms with Crippen LogP contribution in [0.1, 0.15) is 29.5 Å². The first-order valence-electron chi connectivity index (χ1n) is 7.20. The molecule has 2 aliphatic rings. The largest absolute Gasteiger partial charge is 0.508 e. The second-order valence-corrected chi connectivity index (χ2v) is 6.56. The molecule has 0 radical (unpaired) electrons. The van der Waals surface area contributed by atoms with E-state index in [9.17, 15) is 13.9 Å². The Hall–Kier alpha value is -1.90. The van der Waals surface area contributed by atoms with Crippen molar-refractivity contribution >= 4 is 0 Å². The number of halogens is 2. The summed E-state index contributed by atoms with van der Waals surface area (Å²) in [6.45, 7) is 2.02. The lowest BCUT2D eigenvalue weighted by Crippen LogP contribution is -2.52. The van der Waals surface area contributed by atoms with Gasteiger partial charge in [0.2, 0.25) is 5.92 Å². The van der Waals surface area contributed by atoms with Crippen molar-refractivity contribution < 1.29 is 13.9 Å². The van der Waals surface area contributed by atoms with Crippen LogP contribution < -0.4 is 0 Å². The quantitative estimate of drug-likeness (QED) is 0.751. The Morgan fingerprint density at radius 2 is 1.71 bits per heavy atom. The molecule has 2 aromatic rings. The van der Waals surface area contributed by atoms with Crippen LogP contribution in [0.2, 0.25) is 0 Å². The van der Waals surface area contributed by atoms with E-state index in [2.05, 4.69) is 12.1 Å². The fourth-order valence-corrected chi connectivity index (χ4v) is 4.05. The smallest absolute Gasteiger partial charge is 0.249 e. The summed E-state index contributed by atoms with van der Waals surface area (Å²) in [5.41, 5.74) is 4.75. The van der Waals surface area contributed by atoms with E-state index in [0.717, 1.165) is 27.8 Å². The van der Waals surface area contributed by atoms with Crippen molar-refractivity contribution in [1.82, 2.24) is 0 Å². The number of phenolic OH excluding ortho intramolecular Hbond substituents is 1. The summed E-state index contributed by atoms with van der Waals surface area (Å²) in [4.78, 5) is 0. The van der Waals surface area contributed by atoms with Gasteiger partial charge in [0.15, 0.2) is 0 Å². The molecule has 1 saturated carbocycles. The predicted molar refractivity (Wildman–Crippen MR) is 77.8 cm³/mol. The second-order valence-electron chi connectivity index (χ2n) is 6.56. The van der Waals surface area contributed by atoms with Crippen molar-refractivity contribution in [2.45, 2.75) is 37.5 Å². The molecule has 0 saturated heterocycles. The molecule has 2 aromatic carbocycles. The number of aryl methyl sites for hydroxylation is 1. The summed E-state index contributed by atoms with van der Waals surface area (Å²) in [6.07, 6.45) is 0.393. The van der Waals surface area contributed by atoms with Gasteiger partial charge in [-0.1, -0.05) is 29.8 Å². The average Bonchev–Trinajstić information content (AvgIpc) is 2.36. The Balaban J connectivity index is 1.94. The van der Waals surface area contributed by atoms with Gasteiger partial charge < -0.3 is 5.11 Å². The minimum atomic E-state index is -2.58. The zero-order valence-corrected chi connectivity index (χ0v) is 11.8. The average molecular weight is 286 g/mol. The molecule has 1 spiro atoms. The Morgan fingerprint density at radius 3 is 2.43 bits per heavy atom. The number of fused-ring (bicyclic) bond motifs is 4. The molecule has 0 bridgehead atoms. The van der Waals surface area contributed by atoms with Crippen molar-refractivity contribution in [3.63, 3.8) is 0 Å². The highest BCUT2D eigenvalue weighted by molar-refractivity contribution is 5.76. The third-order valence-electron chi connectivity index (χ3n) is 4.85. The third-order valence-corrected chi connectivity index (χ3v) is 4.85. The Bertz CT molecular complexity index is 741. The van der Waals surface area contributed by atoms with Gasteiger partial charge in [0.05, 0.1) is 0 Å². The van der Waals surface area contributed by atoms with E-state index in [-0.39, 0.29) is 18.6 Å². The molecule has 1 nitrogen and oxygen atoms in total. The van der Waals surface area contributed by atoms with Crippen LogP contribution in [0.4, 0.5) is 8.78 Å². The first kappa shape index (κ1) is 12.8. The molecular formula is C18H16F2O. The maximum Gasteiger partial charge on any atom is 0.249 e. The molecule has 4 rings (SSSR count). The Kier molecular flexibility index (Phi) is 2.35. The van der Waals surface area contributed by atoms with Crippen LogP contribution in [-0.2, 0) is 11.8 Å². The molecule has 1 fully saturated rings. The summed E-state index contributed by atoms with van der Waals surface area (Å²) in [7, 11) is 0. The van der Waals surface area contributed by atoms with Gasteiger partial charge in [0, 0.05) is 18.3 Å². The number of aromatic hydroxyl groups is 1. The summed E-state index contributed by atoms with van der Waals surface area (Å²) in [6, 6.07) is 11.4. The van der Waals surface area contributed by atoms with E-state index < -0.39 is 11.3 Å². The fourth-order valence-electron chi connectivity index (χ4n) is 4.05. The molecule has 2 aliphatic carbocycles. The predicted octanol–water partition coefficient (Wildman–Crippen LogP) is 4.59. The van der Waals surface area contributed by atoms with Gasteiger partial charge in [0.1, 0.15) is 5.75 Å². The number of phenols is 1. The maximum absolute atomic E-state index is 13.6. The highest BCUT2D eigenvalue weighted by atomic mass is 19.3. The Morgan fingerprint density at radius 1 is 1.00 bits per heavy atom. The molecular weight excluding hydrogens is 270 g/mol. The fraction of sp³-hybridized carbons (Fsp3) is 0.333.